The molecule has 1 aromatic carbocycles. The number of nitrogens with zero attached hydrogens (tertiary/aromatic N) is 2. The topological polar surface area (TPSA) is 114 Å². The number of carbonyl (C=O) groups is 1. The molecule has 0 radical (unpaired) electrons. The summed E-state index contributed by atoms with van der Waals surface area (Å²) in [4.78, 5) is 16.3. The summed E-state index contributed by atoms with van der Waals surface area (Å²) in [5, 5.41) is 7.83. The molecule has 0 fully saturated rings. The van der Waals surface area contributed by atoms with Crippen molar-refractivity contribution in [3.8, 4) is 10.9 Å². The summed E-state index contributed by atoms with van der Waals surface area (Å²) in [7, 11) is -3.74. The average molecular weight is 448 g/mol. The van der Waals surface area contributed by atoms with E-state index in [-0.39, 0.29) is 18.1 Å². The van der Waals surface area contributed by atoms with E-state index in [1.54, 1.807) is 23.6 Å². The van der Waals surface area contributed by atoms with Crippen molar-refractivity contribution in [1.82, 2.24) is 9.55 Å². The molecule has 8 nitrogen and oxygen atoms in total. The first kappa shape index (κ1) is 21.8. The second-order valence-corrected chi connectivity index (χ2v) is 8.78. The van der Waals surface area contributed by atoms with E-state index in [1.165, 1.54) is 30.3 Å². The fourth-order valence-corrected chi connectivity index (χ4v) is 4.08. The maximum absolute atomic E-state index is 12.0. The zero-order valence-corrected chi connectivity index (χ0v) is 18.1. The molecule has 0 saturated carbocycles. The van der Waals surface area contributed by atoms with Crippen LogP contribution in [-0.4, -0.2) is 37.2 Å². The number of aromatic nitrogens is 2. The molecule has 158 valence electrons. The third kappa shape index (κ3) is 5.35. The Hall–Kier alpha value is -2.95. The predicted octanol–water partition coefficient (Wildman–Crippen LogP) is 2.83. The Morgan fingerprint density at radius 1 is 1.23 bits per heavy atom. The molecule has 0 atom stereocenters. The summed E-state index contributed by atoms with van der Waals surface area (Å²) in [6, 6.07) is 7.65. The van der Waals surface area contributed by atoms with Crippen LogP contribution in [0.2, 0.25) is 0 Å². The molecule has 0 unspecified atom stereocenters. The number of sulfonamides is 1. The van der Waals surface area contributed by atoms with Gasteiger partial charge in [-0.3, -0.25) is 4.57 Å². The first-order valence-corrected chi connectivity index (χ1v) is 11.4. The molecule has 30 heavy (non-hydrogen) atoms. The summed E-state index contributed by atoms with van der Waals surface area (Å²) >= 11 is 1.54. The maximum atomic E-state index is 12.0. The Morgan fingerprint density at radius 3 is 2.60 bits per heavy atom. The molecule has 10 heteroatoms. The van der Waals surface area contributed by atoms with Crippen molar-refractivity contribution in [2.45, 2.75) is 18.7 Å². The second-order valence-electron chi connectivity index (χ2n) is 6.34. The normalized spacial score (nSPS) is 11.7. The van der Waals surface area contributed by atoms with Crippen molar-refractivity contribution >= 4 is 33.4 Å². The van der Waals surface area contributed by atoms with Gasteiger partial charge in [-0.25, -0.2) is 23.3 Å². The number of hydrogen-bond donors (Lipinski definition) is 1. The quantitative estimate of drug-likeness (QED) is 0.323. The van der Waals surface area contributed by atoms with E-state index in [9.17, 15) is 13.2 Å². The van der Waals surface area contributed by atoms with E-state index in [2.05, 4.69) is 4.98 Å². The first-order valence-electron chi connectivity index (χ1n) is 8.95. The molecular formula is C20H21N3O5S2. The highest BCUT2D eigenvalue weighted by molar-refractivity contribution is 7.89. The minimum absolute atomic E-state index is 0.000590. The molecule has 2 aromatic heterocycles. The van der Waals surface area contributed by atoms with E-state index < -0.39 is 16.0 Å². The zero-order valence-electron chi connectivity index (χ0n) is 16.4. The summed E-state index contributed by atoms with van der Waals surface area (Å²) in [6.07, 6.45) is 4.83. The van der Waals surface area contributed by atoms with E-state index in [0.717, 1.165) is 22.1 Å². The van der Waals surface area contributed by atoms with Crippen LogP contribution >= 0.6 is 11.3 Å². The number of nitrogens with two attached hydrogens (primary N) is 1. The average Bonchev–Trinajstić information content (AvgIpc) is 3.31. The summed E-state index contributed by atoms with van der Waals surface area (Å²) in [6.45, 7) is 4.14. The third-order valence-electron chi connectivity index (χ3n) is 4.23. The van der Waals surface area contributed by atoms with Gasteiger partial charge in [-0.05, 0) is 55.8 Å². The molecule has 0 amide bonds. The highest BCUT2D eigenvalue weighted by Crippen LogP contribution is 2.23. The standard InChI is InChI=1S/C20H21N3O5S2/c1-14-13-16(15(2)23(14)20-22-9-12-29-20)3-8-19(24)28-11-10-27-17-4-6-18(7-5-17)30(21,25)26/h3-9,12-13H,10-11H2,1-2H3,(H2,21,25,26)/b8-3+. The van der Waals surface area contributed by atoms with E-state index in [0.29, 0.717) is 5.75 Å². The van der Waals surface area contributed by atoms with Gasteiger partial charge in [0.15, 0.2) is 5.13 Å². The first-order chi connectivity index (χ1) is 14.3. The molecule has 0 aliphatic carbocycles. The van der Waals surface area contributed by atoms with Crippen molar-refractivity contribution in [2.75, 3.05) is 13.2 Å². The molecule has 0 aliphatic heterocycles. The fraction of sp³-hybridized carbons (Fsp3) is 0.200. The lowest BCUT2D eigenvalue weighted by atomic mass is 10.2. The number of esters is 1. The smallest absolute Gasteiger partial charge is 0.330 e. The number of carbonyl (C=O) groups excluding carboxylic acids is 1. The maximum Gasteiger partial charge on any atom is 0.330 e. The number of rotatable bonds is 8. The van der Waals surface area contributed by atoms with Gasteiger partial charge in [-0.1, -0.05) is 0 Å². The van der Waals surface area contributed by atoms with E-state index in [4.69, 9.17) is 14.6 Å². The van der Waals surface area contributed by atoms with Crippen molar-refractivity contribution in [1.29, 1.82) is 0 Å². The number of hydrogen-bond acceptors (Lipinski definition) is 7. The Balaban J connectivity index is 1.49. The number of primary sulfonamides is 1. The van der Waals surface area contributed by atoms with Crippen molar-refractivity contribution in [2.24, 2.45) is 5.14 Å². The molecule has 0 spiro atoms. The van der Waals surface area contributed by atoms with E-state index in [1.807, 2.05) is 29.9 Å². The van der Waals surface area contributed by atoms with Crippen molar-refractivity contribution < 1.29 is 22.7 Å². The molecule has 3 aromatic rings. The summed E-state index contributed by atoms with van der Waals surface area (Å²) in [5.41, 5.74) is 2.92. The van der Waals surface area contributed by atoms with Crippen LogP contribution in [0.15, 0.2) is 52.9 Å². The third-order valence-corrected chi connectivity index (χ3v) is 5.91. The summed E-state index contributed by atoms with van der Waals surface area (Å²) < 4.78 is 35.0. The molecule has 2 heterocycles. The van der Waals surface area contributed by atoms with Gasteiger partial charge in [0, 0.05) is 29.0 Å². The van der Waals surface area contributed by atoms with Crippen LogP contribution in [-0.2, 0) is 19.6 Å². The van der Waals surface area contributed by atoms with Gasteiger partial charge in [0.2, 0.25) is 10.0 Å². The molecule has 3 rings (SSSR count). The summed E-state index contributed by atoms with van der Waals surface area (Å²) in [5.74, 6) is -0.0363. The molecule has 0 saturated heterocycles. The highest BCUT2D eigenvalue weighted by Gasteiger charge is 2.11. The van der Waals surface area contributed by atoms with Crippen molar-refractivity contribution in [3.63, 3.8) is 0 Å². The van der Waals surface area contributed by atoms with Crippen LogP contribution in [0, 0.1) is 13.8 Å². The minimum Gasteiger partial charge on any atom is -0.490 e. The number of thiazole rings is 1. The monoisotopic (exact) mass is 447 g/mol. The molecule has 2 N–H and O–H groups in total. The lowest BCUT2D eigenvalue weighted by Crippen LogP contribution is -2.12. The van der Waals surface area contributed by atoms with Gasteiger partial charge in [0.1, 0.15) is 19.0 Å². The van der Waals surface area contributed by atoms with Gasteiger partial charge in [0.25, 0.3) is 0 Å². The van der Waals surface area contributed by atoms with Gasteiger partial charge in [-0.15, -0.1) is 11.3 Å². The van der Waals surface area contributed by atoms with Gasteiger partial charge in [0.05, 0.1) is 4.90 Å². The lowest BCUT2D eigenvalue weighted by molar-refractivity contribution is -0.138. The Bertz CT molecular complexity index is 1150. The van der Waals surface area contributed by atoms with Crippen molar-refractivity contribution in [3.05, 3.63) is 64.9 Å². The predicted molar refractivity (Wildman–Crippen MR) is 114 cm³/mol. The Morgan fingerprint density at radius 2 is 1.97 bits per heavy atom. The second kappa shape index (κ2) is 9.24. The van der Waals surface area contributed by atoms with Crippen LogP contribution in [0.4, 0.5) is 0 Å². The Kier molecular flexibility index (Phi) is 6.70. The number of benzene rings is 1. The number of aryl methyl sites for hydroxylation is 1. The largest absolute Gasteiger partial charge is 0.490 e. The molecular weight excluding hydrogens is 426 g/mol. The van der Waals surface area contributed by atoms with Gasteiger partial charge in [-0.2, -0.15) is 0 Å². The Labute approximate surface area is 178 Å². The molecule has 0 bridgehead atoms. The number of ether oxygens (including phenoxy) is 2. The highest BCUT2D eigenvalue weighted by atomic mass is 32.2. The van der Waals surface area contributed by atoms with Crippen LogP contribution < -0.4 is 9.88 Å². The lowest BCUT2D eigenvalue weighted by Gasteiger charge is -2.07. The minimum atomic E-state index is -3.74. The van der Waals surface area contributed by atoms with Crippen LogP contribution in [0.1, 0.15) is 17.0 Å². The van der Waals surface area contributed by atoms with Gasteiger partial charge < -0.3 is 9.47 Å². The fourth-order valence-electron chi connectivity index (χ4n) is 2.81. The van der Waals surface area contributed by atoms with Crippen LogP contribution in [0.5, 0.6) is 5.75 Å². The SMILES string of the molecule is Cc1cc(/C=C/C(=O)OCCOc2ccc(S(N)(=O)=O)cc2)c(C)n1-c1nccs1. The van der Waals surface area contributed by atoms with Crippen LogP contribution in [0.25, 0.3) is 11.2 Å². The molecule has 0 aliphatic rings. The van der Waals surface area contributed by atoms with E-state index >= 15 is 0 Å². The van der Waals surface area contributed by atoms with Gasteiger partial charge >= 0.3 is 5.97 Å². The zero-order chi connectivity index (χ0) is 21.7. The van der Waals surface area contributed by atoms with Crippen LogP contribution in [0.3, 0.4) is 0 Å².